The minimum atomic E-state index is 0.534. The van der Waals surface area contributed by atoms with Gasteiger partial charge in [-0.15, -0.1) is 0 Å². The van der Waals surface area contributed by atoms with Crippen LogP contribution in [0.15, 0.2) is 41.9 Å². The molecule has 0 aromatic carbocycles. The number of guanidine groups is 1. The van der Waals surface area contributed by atoms with Crippen LogP contribution in [0.1, 0.15) is 17.9 Å². The Morgan fingerprint density at radius 2 is 2.17 bits per heavy atom. The van der Waals surface area contributed by atoms with E-state index in [1.54, 1.807) is 12.4 Å². The summed E-state index contributed by atoms with van der Waals surface area (Å²) in [7, 11) is 3.81. The molecule has 2 N–H and O–H groups in total. The van der Waals surface area contributed by atoms with E-state index in [0.29, 0.717) is 5.92 Å². The van der Waals surface area contributed by atoms with Crippen molar-refractivity contribution in [3.8, 4) is 0 Å². The summed E-state index contributed by atoms with van der Waals surface area (Å²) in [5.41, 5.74) is 2.40. The summed E-state index contributed by atoms with van der Waals surface area (Å²) in [6.45, 7) is 3.67. The second-order valence-corrected chi connectivity index (χ2v) is 6.02. The molecule has 0 spiro atoms. The summed E-state index contributed by atoms with van der Waals surface area (Å²) in [4.78, 5) is 10.8. The normalized spacial score (nSPS) is 18.0. The van der Waals surface area contributed by atoms with Crippen LogP contribution in [-0.4, -0.2) is 58.9 Å². The van der Waals surface area contributed by atoms with Gasteiger partial charge in [-0.25, -0.2) is 0 Å². The Balaban J connectivity index is 1.45. The van der Waals surface area contributed by atoms with E-state index in [1.165, 1.54) is 5.56 Å². The lowest BCUT2D eigenvalue weighted by atomic mass is 10.0. The van der Waals surface area contributed by atoms with Gasteiger partial charge in [-0.3, -0.25) is 14.7 Å². The summed E-state index contributed by atoms with van der Waals surface area (Å²) < 4.78 is 1.87. The lowest BCUT2D eigenvalue weighted by molar-refractivity contribution is 0.487. The molecule has 3 heterocycles. The number of hydrogen-bond donors (Lipinski definition) is 2. The van der Waals surface area contributed by atoms with Crippen LogP contribution >= 0.6 is 0 Å². The van der Waals surface area contributed by atoms with Gasteiger partial charge in [0.25, 0.3) is 0 Å². The van der Waals surface area contributed by atoms with Crippen molar-refractivity contribution in [2.45, 2.75) is 12.3 Å². The van der Waals surface area contributed by atoms with Gasteiger partial charge in [0.1, 0.15) is 0 Å². The molecule has 3 rings (SSSR count). The number of pyridine rings is 1. The van der Waals surface area contributed by atoms with Crippen molar-refractivity contribution in [2.75, 3.05) is 38.5 Å². The number of aliphatic imine (C=N–C) groups is 1. The molecule has 7 nitrogen and oxygen atoms in total. The van der Waals surface area contributed by atoms with E-state index >= 15 is 0 Å². The first-order valence-corrected chi connectivity index (χ1v) is 8.34. The zero-order valence-electron chi connectivity index (χ0n) is 14.3. The van der Waals surface area contributed by atoms with Gasteiger partial charge in [-0.2, -0.15) is 5.10 Å². The Hall–Kier alpha value is -2.57. The molecule has 0 amide bonds. The molecule has 24 heavy (non-hydrogen) atoms. The SMILES string of the molecule is CN=C(NCCNc1ccncc1)N1CCC(c2cnn(C)c2)C1. The third kappa shape index (κ3) is 4.04. The smallest absolute Gasteiger partial charge is 0.193 e. The van der Waals surface area contributed by atoms with Gasteiger partial charge in [0.05, 0.1) is 6.20 Å². The molecule has 2 aromatic heterocycles. The van der Waals surface area contributed by atoms with Gasteiger partial charge in [0.15, 0.2) is 5.96 Å². The van der Waals surface area contributed by atoms with E-state index in [4.69, 9.17) is 0 Å². The maximum atomic E-state index is 4.42. The van der Waals surface area contributed by atoms with Crippen LogP contribution in [0.4, 0.5) is 5.69 Å². The third-order valence-electron chi connectivity index (χ3n) is 4.31. The molecule has 0 saturated carbocycles. The highest BCUT2D eigenvalue weighted by Crippen LogP contribution is 2.26. The van der Waals surface area contributed by atoms with Crippen molar-refractivity contribution in [1.82, 2.24) is 25.0 Å². The van der Waals surface area contributed by atoms with Crippen molar-refractivity contribution in [3.05, 3.63) is 42.5 Å². The monoisotopic (exact) mass is 327 g/mol. The molecule has 1 aliphatic rings. The first kappa shape index (κ1) is 16.3. The summed E-state index contributed by atoms with van der Waals surface area (Å²) in [5.74, 6) is 1.50. The third-order valence-corrected chi connectivity index (χ3v) is 4.31. The molecule has 128 valence electrons. The summed E-state index contributed by atoms with van der Waals surface area (Å²) in [6, 6.07) is 3.93. The molecule has 1 atom stereocenters. The number of hydrogen-bond acceptors (Lipinski definition) is 4. The maximum Gasteiger partial charge on any atom is 0.193 e. The van der Waals surface area contributed by atoms with E-state index in [2.05, 4.69) is 36.8 Å². The lowest BCUT2D eigenvalue weighted by Gasteiger charge is -2.21. The fraction of sp³-hybridized carbons (Fsp3) is 0.471. The predicted octanol–water partition coefficient (Wildman–Crippen LogP) is 1.29. The second-order valence-electron chi connectivity index (χ2n) is 6.02. The van der Waals surface area contributed by atoms with Crippen LogP contribution in [0.3, 0.4) is 0 Å². The van der Waals surface area contributed by atoms with Crippen LogP contribution in [0.25, 0.3) is 0 Å². The van der Waals surface area contributed by atoms with Gasteiger partial charge in [0, 0.05) is 70.5 Å². The Kier molecular flexibility index (Phi) is 5.30. The lowest BCUT2D eigenvalue weighted by Crippen LogP contribution is -2.41. The number of aryl methyl sites for hydroxylation is 1. The van der Waals surface area contributed by atoms with Gasteiger partial charge in [-0.05, 0) is 24.1 Å². The molecule has 7 heteroatoms. The first-order valence-electron chi connectivity index (χ1n) is 8.34. The molecule has 0 radical (unpaired) electrons. The van der Waals surface area contributed by atoms with Crippen molar-refractivity contribution in [3.63, 3.8) is 0 Å². The average molecular weight is 327 g/mol. The predicted molar refractivity (Wildman–Crippen MR) is 96.2 cm³/mol. The minimum absolute atomic E-state index is 0.534. The van der Waals surface area contributed by atoms with Crippen LogP contribution in [0.2, 0.25) is 0 Å². The topological polar surface area (TPSA) is 70.4 Å². The van der Waals surface area contributed by atoms with Crippen LogP contribution < -0.4 is 10.6 Å². The molecule has 1 aliphatic heterocycles. The average Bonchev–Trinajstić information content (AvgIpc) is 3.25. The molecule has 0 bridgehead atoms. The van der Waals surface area contributed by atoms with E-state index < -0.39 is 0 Å². The summed E-state index contributed by atoms with van der Waals surface area (Å²) in [6.07, 6.45) is 8.81. The van der Waals surface area contributed by atoms with E-state index in [1.807, 2.05) is 37.1 Å². The number of anilines is 1. The minimum Gasteiger partial charge on any atom is -0.383 e. The van der Waals surface area contributed by atoms with Gasteiger partial charge >= 0.3 is 0 Å². The molecule has 0 aliphatic carbocycles. The van der Waals surface area contributed by atoms with E-state index in [-0.39, 0.29) is 0 Å². The van der Waals surface area contributed by atoms with E-state index in [9.17, 15) is 0 Å². The van der Waals surface area contributed by atoms with E-state index in [0.717, 1.165) is 44.2 Å². The Labute approximate surface area is 142 Å². The fourth-order valence-electron chi connectivity index (χ4n) is 3.06. The van der Waals surface area contributed by atoms with Crippen LogP contribution in [-0.2, 0) is 7.05 Å². The van der Waals surface area contributed by atoms with Crippen LogP contribution in [0, 0.1) is 0 Å². The standard InChI is InChI=1S/C17H25N7/c1-18-17(21-9-8-20-16-3-6-19-7-4-16)24-10-5-14(13-24)15-11-22-23(2)12-15/h3-4,6-7,11-12,14H,5,8-10,13H2,1-2H3,(H,18,21)(H,19,20). The van der Waals surface area contributed by atoms with Crippen molar-refractivity contribution < 1.29 is 0 Å². The molecular weight excluding hydrogens is 302 g/mol. The molecule has 1 unspecified atom stereocenters. The number of aromatic nitrogens is 3. The largest absolute Gasteiger partial charge is 0.383 e. The fourth-order valence-corrected chi connectivity index (χ4v) is 3.06. The van der Waals surface area contributed by atoms with Gasteiger partial charge < -0.3 is 15.5 Å². The highest BCUT2D eigenvalue weighted by atomic mass is 15.3. The van der Waals surface area contributed by atoms with Crippen molar-refractivity contribution in [2.24, 2.45) is 12.0 Å². The highest BCUT2D eigenvalue weighted by Gasteiger charge is 2.26. The number of rotatable bonds is 5. The van der Waals surface area contributed by atoms with Crippen molar-refractivity contribution in [1.29, 1.82) is 0 Å². The highest BCUT2D eigenvalue weighted by molar-refractivity contribution is 5.80. The molecule has 1 saturated heterocycles. The second kappa shape index (κ2) is 7.81. The van der Waals surface area contributed by atoms with Crippen molar-refractivity contribution >= 4 is 11.6 Å². The summed E-state index contributed by atoms with van der Waals surface area (Å²) in [5, 5.41) is 11.1. The number of nitrogens with one attached hydrogen (secondary N) is 2. The Bertz CT molecular complexity index is 665. The van der Waals surface area contributed by atoms with Gasteiger partial charge in [-0.1, -0.05) is 0 Å². The van der Waals surface area contributed by atoms with Gasteiger partial charge in [0.2, 0.25) is 0 Å². The number of likely N-dealkylation sites (tertiary alicyclic amines) is 1. The molecule has 1 fully saturated rings. The zero-order chi connectivity index (χ0) is 16.8. The van der Waals surface area contributed by atoms with Crippen LogP contribution in [0.5, 0.6) is 0 Å². The molecule has 2 aromatic rings. The maximum absolute atomic E-state index is 4.42. The quantitative estimate of drug-likeness (QED) is 0.492. The summed E-state index contributed by atoms with van der Waals surface area (Å²) >= 11 is 0. The zero-order valence-corrected chi connectivity index (χ0v) is 14.3. The Morgan fingerprint density at radius 1 is 1.33 bits per heavy atom. The Morgan fingerprint density at radius 3 is 2.88 bits per heavy atom. The number of nitrogens with zero attached hydrogens (tertiary/aromatic N) is 5. The molecular formula is C17H25N7. The first-order chi connectivity index (χ1) is 11.8.